The first-order chi connectivity index (χ1) is 10.4. The van der Waals surface area contributed by atoms with Gasteiger partial charge in [0.2, 0.25) is 5.09 Å². The van der Waals surface area contributed by atoms with E-state index in [2.05, 4.69) is 4.72 Å². The first-order valence-electron chi connectivity index (χ1n) is 6.69. The summed E-state index contributed by atoms with van der Waals surface area (Å²) < 4.78 is 32.7. The third-order valence-corrected chi connectivity index (χ3v) is 4.76. The van der Waals surface area contributed by atoms with Gasteiger partial charge in [-0.25, -0.2) is 0 Å². The van der Waals surface area contributed by atoms with E-state index in [1.807, 2.05) is 6.07 Å². The highest BCUT2D eigenvalue weighted by molar-refractivity contribution is 7.92. The molecule has 1 aromatic heterocycles. The van der Waals surface area contributed by atoms with Gasteiger partial charge in [-0.05, 0) is 31.5 Å². The second kappa shape index (κ2) is 5.06. The fraction of sp³-hybridized carbons (Fsp3) is 0.125. The number of furan rings is 1. The summed E-state index contributed by atoms with van der Waals surface area (Å²) in [6.07, 6.45) is 0. The normalized spacial score (nSPS) is 11.7. The fourth-order valence-corrected chi connectivity index (χ4v) is 3.32. The molecule has 6 heteroatoms. The molecular formula is C16H15NO4S. The second-order valence-electron chi connectivity index (χ2n) is 5.11. The van der Waals surface area contributed by atoms with Crippen molar-refractivity contribution >= 4 is 26.7 Å². The molecule has 0 bridgehead atoms. The minimum absolute atomic E-state index is 0.0739. The molecule has 0 aliphatic carbocycles. The molecule has 0 fully saturated rings. The summed E-state index contributed by atoms with van der Waals surface area (Å²) in [7, 11) is -3.86. The average molecular weight is 317 g/mol. The second-order valence-corrected chi connectivity index (χ2v) is 6.73. The van der Waals surface area contributed by atoms with Gasteiger partial charge in [0.05, 0.1) is 5.69 Å². The van der Waals surface area contributed by atoms with Crippen LogP contribution in [0.4, 0.5) is 5.69 Å². The van der Waals surface area contributed by atoms with Crippen LogP contribution in [-0.2, 0) is 10.0 Å². The highest BCUT2D eigenvalue weighted by atomic mass is 32.2. The highest BCUT2D eigenvalue weighted by Crippen LogP contribution is 2.30. The molecule has 0 aliphatic heterocycles. The Morgan fingerprint density at radius 3 is 2.55 bits per heavy atom. The number of phenols is 1. The first-order valence-corrected chi connectivity index (χ1v) is 8.17. The number of phenolic OH excluding ortho intramolecular Hbond substituents is 1. The van der Waals surface area contributed by atoms with Crippen molar-refractivity contribution in [2.75, 3.05) is 4.72 Å². The standard InChI is InChI=1S/C16H15NO4S/c1-10-7-8-13(11(2)16(10)18)17-22(19,20)15-9-12-5-3-4-6-14(12)21-15/h3-9,17-18H,1-2H3. The van der Waals surface area contributed by atoms with E-state index in [9.17, 15) is 13.5 Å². The quantitative estimate of drug-likeness (QED) is 0.774. The maximum absolute atomic E-state index is 12.4. The van der Waals surface area contributed by atoms with Crippen molar-refractivity contribution in [2.24, 2.45) is 0 Å². The Labute approximate surface area is 128 Å². The van der Waals surface area contributed by atoms with Crippen LogP contribution in [0.25, 0.3) is 11.0 Å². The Morgan fingerprint density at radius 2 is 1.82 bits per heavy atom. The van der Waals surface area contributed by atoms with Gasteiger partial charge >= 0.3 is 0 Å². The zero-order valence-corrected chi connectivity index (χ0v) is 12.9. The number of sulfonamides is 1. The molecule has 0 unspecified atom stereocenters. The van der Waals surface area contributed by atoms with E-state index in [0.717, 1.165) is 0 Å². The van der Waals surface area contributed by atoms with Gasteiger partial charge in [-0.3, -0.25) is 4.72 Å². The number of rotatable bonds is 3. The molecule has 0 amide bonds. The van der Waals surface area contributed by atoms with Crippen LogP contribution >= 0.6 is 0 Å². The Hall–Kier alpha value is -2.47. The predicted molar refractivity (Wildman–Crippen MR) is 84.6 cm³/mol. The summed E-state index contributed by atoms with van der Waals surface area (Å²) in [5.41, 5.74) is 1.98. The minimum Gasteiger partial charge on any atom is -0.507 e. The Kier molecular flexibility index (Phi) is 3.33. The molecule has 0 saturated carbocycles. The van der Waals surface area contributed by atoms with Crippen molar-refractivity contribution < 1.29 is 17.9 Å². The van der Waals surface area contributed by atoms with Crippen LogP contribution < -0.4 is 4.72 Å². The Bertz CT molecular complexity index is 924. The molecule has 22 heavy (non-hydrogen) atoms. The fourth-order valence-electron chi connectivity index (χ4n) is 2.23. The average Bonchev–Trinajstić information content (AvgIpc) is 2.93. The lowest BCUT2D eigenvalue weighted by molar-refractivity contribution is 0.467. The van der Waals surface area contributed by atoms with Crippen LogP contribution in [0.15, 0.2) is 52.0 Å². The predicted octanol–water partition coefficient (Wildman–Crippen LogP) is 3.56. The molecule has 114 valence electrons. The number of benzene rings is 2. The summed E-state index contributed by atoms with van der Waals surface area (Å²) in [6.45, 7) is 3.40. The number of anilines is 1. The van der Waals surface area contributed by atoms with E-state index in [-0.39, 0.29) is 10.8 Å². The zero-order valence-electron chi connectivity index (χ0n) is 12.1. The van der Waals surface area contributed by atoms with Crippen LogP contribution in [-0.4, -0.2) is 13.5 Å². The molecule has 0 aliphatic rings. The molecule has 0 radical (unpaired) electrons. The van der Waals surface area contributed by atoms with Gasteiger partial charge in [0.1, 0.15) is 11.3 Å². The zero-order chi connectivity index (χ0) is 15.9. The Balaban J connectivity index is 2.02. The van der Waals surface area contributed by atoms with Crippen molar-refractivity contribution in [3.05, 3.63) is 53.6 Å². The number of fused-ring (bicyclic) bond motifs is 1. The van der Waals surface area contributed by atoms with Gasteiger partial charge in [-0.2, -0.15) is 8.42 Å². The van der Waals surface area contributed by atoms with Gasteiger partial charge in [0.25, 0.3) is 10.0 Å². The SMILES string of the molecule is Cc1ccc(NS(=O)(=O)c2cc3ccccc3o2)c(C)c1O. The largest absolute Gasteiger partial charge is 0.507 e. The van der Waals surface area contributed by atoms with Crippen LogP contribution in [0.5, 0.6) is 5.75 Å². The molecule has 0 spiro atoms. The molecule has 0 saturated heterocycles. The third kappa shape index (κ3) is 2.42. The van der Waals surface area contributed by atoms with Gasteiger partial charge in [-0.1, -0.05) is 24.3 Å². The number of nitrogens with one attached hydrogen (secondary N) is 1. The van der Waals surface area contributed by atoms with Crippen LogP contribution in [0.3, 0.4) is 0 Å². The number of hydrogen-bond donors (Lipinski definition) is 2. The van der Waals surface area contributed by atoms with Gasteiger partial charge in [0, 0.05) is 17.0 Å². The molecule has 5 nitrogen and oxygen atoms in total. The number of aromatic hydroxyl groups is 1. The molecular weight excluding hydrogens is 302 g/mol. The van der Waals surface area contributed by atoms with Crippen molar-refractivity contribution in [3.63, 3.8) is 0 Å². The monoisotopic (exact) mass is 317 g/mol. The summed E-state index contributed by atoms with van der Waals surface area (Å²) in [5.74, 6) is 0.0739. The minimum atomic E-state index is -3.86. The van der Waals surface area contributed by atoms with E-state index < -0.39 is 10.0 Å². The lowest BCUT2D eigenvalue weighted by Gasteiger charge is -2.11. The van der Waals surface area contributed by atoms with Gasteiger partial charge < -0.3 is 9.52 Å². The Morgan fingerprint density at radius 1 is 1.09 bits per heavy atom. The summed E-state index contributed by atoms with van der Waals surface area (Å²) in [5, 5.41) is 10.5. The molecule has 1 heterocycles. The van der Waals surface area contributed by atoms with Crippen molar-refractivity contribution in [3.8, 4) is 5.75 Å². The lowest BCUT2D eigenvalue weighted by Crippen LogP contribution is -2.13. The number of aryl methyl sites for hydroxylation is 1. The van der Waals surface area contributed by atoms with E-state index in [4.69, 9.17) is 4.42 Å². The summed E-state index contributed by atoms with van der Waals surface area (Å²) >= 11 is 0. The van der Waals surface area contributed by atoms with Crippen LogP contribution in [0, 0.1) is 13.8 Å². The van der Waals surface area contributed by atoms with Crippen molar-refractivity contribution in [1.29, 1.82) is 0 Å². The molecule has 0 atom stereocenters. The first kappa shape index (κ1) is 14.5. The maximum atomic E-state index is 12.4. The van der Waals surface area contributed by atoms with Crippen molar-refractivity contribution in [1.82, 2.24) is 0 Å². The molecule has 3 rings (SSSR count). The molecule has 2 N–H and O–H groups in total. The van der Waals surface area contributed by atoms with E-state index in [1.165, 1.54) is 6.07 Å². The summed E-state index contributed by atoms with van der Waals surface area (Å²) in [4.78, 5) is 0. The number of hydrogen-bond acceptors (Lipinski definition) is 4. The van der Waals surface area contributed by atoms with Crippen LogP contribution in [0.1, 0.15) is 11.1 Å². The molecule has 3 aromatic rings. The van der Waals surface area contributed by atoms with E-state index in [1.54, 1.807) is 44.2 Å². The highest BCUT2D eigenvalue weighted by Gasteiger charge is 2.21. The van der Waals surface area contributed by atoms with E-state index >= 15 is 0 Å². The summed E-state index contributed by atoms with van der Waals surface area (Å²) in [6, 6.07) is 11.8. The van der Waals surface area contributed by atoms with Crippen molar-refractivity contribution in [2.45, 2.75) is 18.9 Å². The van der Waals surface area contributed by atoms with Crippen LogP contribution in [0.2, 0.25) is 0 Å². The van der Waals surface area contributed by atoms with Gasteiger partial charge in [-0.15, -0.1) is 0 Å². The topological polar surface area (TPSA) is 79.5 Å². The lowest BCUT2D eigenvalue weighted by atomic mass is 10.1. The third-order valence-electron chi connectivity index (χ3n) is 3.54. The van der Waals surface area contributed by atoms with E-state index in [0.29, 0.717) is 27.8 Å². The number of para-hydroxylation sites is 1. The molecule has 2 aromatic carbocycles. The smallest absolute Gasteiger partial charge is 0.295 e. The maximum Gasteiger partial charge on any atom is 0.295 e. The van der Waals surface area contributed by atoms with Gasteiger partial charge in [0.15, 0.2) is 0 Å².